The maximum absolute atomic E-state index is 10.1. The Kier molecular flexibility index (Phi) is 8.38. The van der Waals surface area contributed by atoms with Crippen LogP contribution in [-0.2, 0) is 0 Å². The molecule has 0 aromatic rings. The Morgan fingerprint density at radius 3 is 2.60 bits per heavy atom. The first kappa shape index (κ1) is 25.1. The van der Waals surface area contributed by atoms with Gasteiger partial charge in [0.05, 0.1) is 11.7 Å². The topological polar surface area (TPSA) is 40.5 Å². The van der Waals surface area contributed by atoms with Gasteiger partial charge in [0.15, 0.2) is 0 Å². The van der Waals surface area contributed by atoms with Gasteiger partial charge in [-0.15, -0.1) is 0 Å². The minimum absolute atomic E-state index is 0. The summed E-state index contributed by atoms with van der Waals surface area (Å²) in [5.74, 6) is 1.37. The lowest BCUT2D eigenvalue weighted by atomic mass is 9.62. The van der Waals surface area contributed by atoms with E-state index in [-0.39, 0.29) is 13.5 Å². The summed E-state index contributed by atoms with van der Waals surface area (Å²) in [7, 11) is 0. The molecule has 0 radical (unpaired) electrons. The van der Waals surface area contributed by atoms with Crippen molar-refractivity contribution < 1.29 is 10.2 Å². The molecule has 4 atom stereocenters. The first-order chi connectivity index (χ1) is 13.6. The van der Waals surface area contributed by atoms with Crippen molar-refractivity contribution in [1.82, 2.24) is 0 Å². The maximum Gasteiger partial charge on any atom is 0.0784 e. The largest absolute Gasteiger partial charge is 0.390 e. The third kappa shape index (κ3) is 5.77. The van der Waals surface area contributed by atoms with Crippen molar-refractivity contribution in [1.29, 1.82) is 0 Å². The zero-order chi connectivity index (χ0) is 21.2. The van der Waals surface area contributed by atoms with Crippen molar-refractivity contribution in [2.45, 2.75) is 111 Å². The number of rotatable bonds is 5. The molecule has 3 saturated carbocycles. The van der Waals surface area contributed by atoms with Crippen LogP contribution in [0.2, 0.25) is 0 Å². The molecule has 3 aliphatic rings. The van der Waals surface area contributed by atoms with E-state index >= 15 is 0 Å². The smallest absolute Gasteiger partial charge is 0.0784 e. The van der Waals surface area contributed by atoms with Crippen LogP contribution in [0.3, 0.4) is 0 Å². The summed E-state index contributed by atoms with van der Waals surface area (Å²) in [6.07, 6.45) is 17.7. The van der Waals surface area contributed by atoms with Crippen molar-refractivity contribution in [2.24, 2.45) is 17.3 Å². The molecule has 170 valence electrons. The van der Waals surface area contributed by atoms with Gasteiger partial charge in [0.2, 0.25) is 0 Å². The zero-order valence-corrected chi connectivity index (χ0v) is 19.1. The van der Waals surface area contributed by atoms with Crippen molar-refractivity contribution >= 4 is 0 Å². The first-order valence-corrected chi connectivity index (χ1v) is 11.7. The molecule has 0 aromatic heterocycles. The number of fused-ring (bicyclic) bond motifs is 1. The quantitative estimate of drug-likeness (QED) is 0.464. The average Bonchev–Trinajstić information content (AvgIpc) is 2.99. The minimum Gasteiger partial charge on any atom is -0.390 e. The van der Waals surface area contributed by atoms with Gasteiger partial charge in [0.25, 0.3) is 0 Å². The normalized spacial score (nSPS) is 35.5. The minimum atomic E-state index is -0.577. The summed E-state index contributed by atoms with van der Waals surface area (Å²) in [6.45, 7) is 12.6. The highest BCUT2D eigenvalue weighted by Gasteiger charge is 2.49. The molecule has 0 aliphatic heterocycles. The third-order valence-electron chi connectivity index (χ3n) is 7.96. The Morgan fingerprint density at radius 2 is 1.93 bits per heavy atom. The zero-order valence-electron chi connectivity index (χ0n) is 19.1. The van der Waals surface area contributed by atoms with Crippen molar-refractivity contribution in [3.8, 4) is 0 Å². The second kappa shape index (κ2) is 10.0. The second-order valence-electron chi connectivity index (χ2n) is 10.8. The summed E-state index contributed by atoms with van der Waals surface area (Å²) in [6, 6.07) is 0. The Bertz CT molecular complexity index is 703. The van der Waals surface area contributed by atoms with Crippen LogP contribution in [0.25, 0.3) is 0 Å². The third-order valence-corrected chi connectivity index (χ3v) is 7.96. The number of aliphatic hydroxyl groups is 2. The SMILES string of the molecule is C.C=C1CC/C(=C/C=C2\CCCC3(C)C(/C(C)=C/CCC(C)(C)O)CCC23)CC1O. The van der Waals surface area contributed by atoms with E-state index in [4.69, 9.17) is 0 Å². The van der Waals surface area contributed by atoms with Crippen molar-refractivity contribution in [3.05, 3.63) is 47.1 Å². The first-order valence-electron chi connectivity index (χ1n) is 11.7. The molecule has 2 heteroatoms. The van der Waals surface area contributed by atoms with E-state index in [9.17, 15) is 10.2 Å². The number of aliphatic hydroxyl groups excluding tert-OH is 1. The van der Waals surface area contributed by atoms with Gasteiger partial charge >= 0.3 is 0 Å². The predicted octanol–water partition coefficient (Wildman–Crippen LogP) is 7.29. The molecule has 2 nitrogen and oxygen atoms in total. The van der Waals surface area contributed by atoms with Crippen LogP contribution in [-0.4, -0.2) is 21.9 Å². The van der Waals surface area contributed by atoms with Crippen LogP contribution in [0.5, 0.6) is 0 Å². The van der Waals surface area contributed by atoms with Gasteiger partial charge in [0, 0.05) is 0 Å². The molecule has 4 unspecified atom stereocenters. The van der Waals surface area contributed by atoms with Crippen LogP contribution in [0.15, 0.2) is 47.1 Å². The van der Waals surface area contributed by atoms with E-state index in [0.29, 0.717) is 17.3 Å². The van der Waals surface area contributed by atoms with Crippen LogP contribution < -0.4 is 0 Å². The highest BCUT2D eigenvalue weighted by atomic mass is 16.3. The summed E-state index contributed by atoms with van der Waals surface area (Å²) in [4.78, 5) is 0. The molecule has 3 rings (SSSR count). The van der Waals surface area contributed by atoms with Crippen LogP contribution in [0, 0.1) is 17.3 Å². The van der Waals surface area contributed by atoms with Gasteiger partial charge < -0.3 is 10.2 Å². The summed E-state index contributed by atoms with van der Waals surface area (Å²) < 4.78 is 0. The molecule has 3 fully saturated rings. The van der Waals surface area contributed by atoms with Crippen molar-refractivity contribution in [2.75, 3.05) is 0 Å². The Morgan fingerprint density at radius 1 is 1.20 bits per heavy atom. The van der Waals surface area contributed by atoms with Gasteiger partial charge in [-0.05, 0) is 108 Å². The fourth-order valence-electron chi connectivity index (χ4n) is 6.14. The number of allylic oxidation sites excluding steroid dienone is 5. The van der Waals surface area contributed by atoms with Gasteiger partial charge in [0.1, 0.15) is 0 Å². The van der Waals surface area contributed by atoms with E-state index < -0.39 is 5.60 Å². The lowest BCUT2D eigenvalue weighted by molar-refractivity contribution is 0.0720. The van der Waals surface area contributed by atoms with E-state index in [1.165, 1.54) is 43.3 Å². The molecule has 2 N–H and O–H groups in total. The van der Waals surface area contributed by atoms with E-state index in [2.05, 4.69) is 38.7 Å². The molecule has 0 spiro atoms. The van der Waals surface area contributed by atoms with Crippen LogP contribution >= 0.6 is 0 Å². The molecule has 0 saturated heterocycles. The predicted molar refractivity (Wildman–Crippen MR) is 129 cm³/mol. The molecule has 30 heavy (non-hydrogen) atoms. The fourth-order valence-corrected chi connectivity index (χ4v) is 6.14. The molecule has 3 aliphatic carbocycles. The van der Waals surface area contributed by atoms with Crippen molar-refractivity contribution in [3.63, 3.8) is 0 Å². The monoisotopic (exact) mass is 414 g/mol. The highest BCUT2D eigenvalue weighted by Crippen LogP contribution is 2.59. The average molecular weight is 415 g/mol. The summed E-state index contributed by atoms with van der Waals surface area (Å²) >= 11 is 0. The summed E-state index contributed by atoms with van der Waals surface area (Å²) in [5.41, 5.74) is 5.34. The van der Waals surface area contributed by atoms with E-state index in [0.717, 1.165) is 37.7 Å². The van der Waals surface area contributed by atoms with Gasteiger partial charge in [-0.25, -0.2) is 0 Å². The van der Waals surface area contributed by atoms with E-state index in [1.807, 2.05) is 13.8 Å². The van der Waals surface area contributed by atoms with E-state index in [1.54, 1.807) is 5.57 Å². The highest BCUT2D eigenvalue weighted by molar-refractivity contribution is 5.29. The standard InChI is InChI=1S/C27H42O2.CH4/c1-19(8-6-16-26(3,4)29)23-14-15-24-22(9-7-17-27(23,24)5)13-12-21-11-10-20(2)25(28)18-21;/h8,12-13,23-25,28-29H,2,6-7,9-11,14-18H2,1,3-5H3;1H4/b19-8+,21-12-,22-13+;. The maximum atomic E-state index is 10.1. The van der Waals surface area contributed by atoms with Crippen LogP contribution in [0.4, 0.5) is 0 Å². The van der Waals surface area contributed by atoms with Gasteiger partial charge in [-0.3, -0.25) is 0 Å². The van der Waals surface area contributed by atoms with Gasteiger partial charge in [-0.2, -0.15) is 0 Å². The lowest BCUT2D eigenvalue weighted by Gasteiger charge is -2.43. The summed E-state index contributed by atoms with van der Waals surface area (Å²) in [5, 5.41) is 20.1. The molecule has 0 aromatic carbocycles. The fraction of sp³-hybridized carbons (Fsp3) is 0.714. The second-order valence-corrected chi connectivity index (χ2v) is 10.8. The molecule has 0 heterocycles. The number of hydrogen-bond acceptors (Lipinski definition) is 2. The lowest BCUT2D eigenvalue weighted by Crippen LogP contribution is -2.33. The molecule has 0 bridgehead atoms. The Labute approximate surface area is 185 Å². The number of hydrogen-bond donors (Lipinski definition) is 2. The molecular weight excluding hydrogens is 368 g/mol. The van der Waals surface area contributed by atoms with Crippen LogP contribution in [0.1, 0.15) is 99.3 Å². The molecule has 0 amide bonds. The Balaban J connectivity index is 0.00000320. The van der Waals surface area contributed by atoms with Gasteiger partial charge in [-0.1, -0.05) is 55.9 Å². The Hall–Kier alpha value is -1.12. The molecular formula is C28H46O2.